The lowest BCUT2D eigenvalue weighted by Gasteiger charge is -2.32. The average molecular weight is 183 g/mol. The van der Waals surface area contributed by atoms with Crippen molar-refractivity contribution < 1.29 is 9.31 Å². The standard InChI is InChI=1S/C9H18BNO2/c1-8(2)9(3,4)13-10(12-8)6-5-7(6)11/h6-7H,5,11H2,1-4H3/t6-,7+/m1/s1. The molecule has 1 saturated heterocycles. The van der Waals surface area contributed by atoms with Gasteiger partial charge in [0.05, 0.1) is 11.2 Å². The van der Waals surface area contributed by atoms with E-state index in [1.807, 2.05) is 0 Å². The Bertz CT molecular complexity index is 214. The number of hydrogen-bond donors (Lipinski definition) is 1. The van der Waals surface area contributed by atoms with Crippen molar-refractivity contribution in [2.24, 2.45) is 5.73 Å². The third-order valence-corrected chi connectivity index (χ3v) is 3.51. The molecule has 2 aliphatic rings. The first-order chi connectivity index (χ1) is 5.83. The lowest BCUT2D eigenvalue weighted by Crippen LogP contribution is -2.41. The quantitative estimate of drug-likeness (QED) is 0.620. The van der Waals surface area contributed by atoms with Gasteiger partial charge in [-0.3, -0.25) is 0 Å². The van der Waals surface area contributed by atoms with Crippen LogP contribution in [0.2, 0.25) is 5.82 Å². The number of rotatable bonds is 1. The Morgan fingerprint density at radius 1 is 1.15 bits per heavy atom. The second-order valence-electron chi connectivity index (χ2n) is 5.19. The van der Waals surface area contributed by atoms with Gasteiger partial charge in [-0.15, -0.1) is 0 Å². The molecule has 2 N–H and O–H groups in total. The first kappa shape index (κ1) is 9.50. The van der Waals surface area contributed by atoms with Gasteiger partial charge in [-0.1, -0.05) is 0 Å². The summed E-state index contributed by atoms with van der Waals surface area (Å²) in [6.07, 6.45) is 1.04. The van der Waals surface area contributed by atoms with Crippen molar-refractivity contribution in [3.63, 3.8) is 0 Å². The van der Waals surface area contributed by atoms with Gasteiger partial charge in [-0.25, -0.2) is 0 Å². The lowest BCUT2D eigenvalue weighted by molar-refractivity contribution is 0.00578. The van der Waals surface area contributed by atoms with Gasteiger partial charge in [0, 0.05) is 11.9 Å². The van der Waals surface area contributed by atoms with E-state index in [1.165, 1.54) is 0 Å². The van der Waals surface area contributed by atoms with E-state index in [0.717, 1.165) is 6.42 Å². The minimum Gasteiger partial charge on any atom is -0.403 e. The highest BCUT2D eigenvalue weighted by molar-refractivity contribution is 6.49. The van der Waals surface area contributed by atoms with Crippen LogP contribution in [0.3, 0.4) is 0 Å². The van der Waals surface area contributed by atoms with Crippen molar-refractivity contribution in [1.82, 2.24) is 0 Å². The molecule has 0 unspecified atom stereocenters. The van der Waals surface area contributed by atoms with Gasteiger partial charge >= 0.3 is 7.12 Å². The molecule has 3 nitrogen and oxygen atoms in total. The van der Waals surface area contributed by atoms with Gasteiger partial charge in [-0.05, 0) is 34.1 Å². The van der Waals surface area contributed by atoms with Crippen molar-refractivity contribution in [2.75, 3.05) is 0 Å². The molecule has 2 rings (SSSR count). The highest BCUT2D eigenvalue weighted by Gasteiger charge is 2.58. The van der Waals surface area contributed by atoms with Gasteiger partial charge in [-0.2, -0.15) is 0 Å². The van der Waals surface area contributed by atoms with E-state index >= 15 is 0 Å². The summed E-state index contributed by atoms with van der Waals surface area (Å²) in [5.41, 5.74) is 5.35. The van der Waals surface area contributed by atoms with E-state index in [1.54, 1.807) is 0 Å². The van der Waals surface area contributed by atoms with E-state index in [9.17, 15) is 0 Å². The molecule has 2 fully saturated rings. The average Bonchev–Trinajstić information content (AvgIpc) is 2.58. The summed E-state index contributed by atoms with van der Waals surface area (Å²) >= 11 is 0. The van der Waals surface area contributed by atoms with Crippen LogP contribution < -0.4 is 5.73 Å². The van der Waals surface area contributed by atoms with Crippen molar-refractivity contribution in [2.45, 2.75) is 57.2 Å². The molecule has 0 amide bonds. The first-order valence-corrected chi connectivity index (χ1v) is 4.95. The van der Waals surface area contributed by atoms with E-state index in [4.69, 9.17) is 15.0 Å². The largest absolute Gasteiger partial charge is 0.462 e. The fourth-order valence-corrected chi connectivity index (χ4v) is 1.61. The Balaban J connectivity index is 2.07. The van der Waals surface area contributed by atoms with Crippen molar-refractivity contribution in [3.05, 3.63) is 0 Å². The fourth-order valence-electron chi connectivity index (χ4n) is 1.61. The molecule has 13 heavy (non-hydrogen) atoms. The predicted octanol–water partition coefficient (Wildman–Crippen LogP) is 1.18. The topological polar surface area (TPSA) is 44.5 Å². The molecule has 0 radical (unpaired) electrons. The molecule has 0 aromatic carbocycles. The van der Waals surface area contributed by atoms with Gasteiger partial charge in [0.25, 0.3) is 0 Å². The minimum atomic E-state index is -0.208. The van der Waals surface area contributed by atoms with Crippen LogP contribution in [0, 0.1) is 0 Å². The summed E-state index contributed by atoms with van der Waals surface area (Å²) in [5.74, 6) is 0.418. The zero-order valence-electron chi connectivity index (χ0n) is 8.83. The fraction of sp³-hybridized carbons (Fsp3) is 1.00. The molecule has 1 aliphatic heterocycles. The summed E-state index contributed by atoms with van der Waals surface area (Å²) in [4.78, 5) is 0. The molecule has 1 heterocycles. The number of nitrogens with two attached hydrogens (primary N) is 1. The van der Waals surface area contributed by atoms with E-state index in [-0.39, 0.29) is 24.4 Å². The third-order valence-electron chi connectivity index (χ3n) is 3.51. The minimum absolute atomic E-state index is 0.0833. The van der Waals surface area contributed by atoms with Crippen LogP contribution >= 0.6 is 0 Å². The molecule has 0 aromatic heterocycles. The summed E-state index contributed by atoms with van der Waals surface area (Å²) in [6.45, 7) is 8.28. The van der Waals surface area contributed by atoms with Gasteiger partial charge < -0.3 is 15.0 Å². The highest BCUT2D eigenvalue weighted by Crippen LogP contribution is 2.47. The maximum absolute atomic E-state index is 5.86. The molecular weight excluding hydrogens is 165 g/mol. The van der Waals surface area contributed by atoms with E-state index < -0.39 is 0 Å². The summed E-state index contributed by atoms with van der Waals surface area (Å²) in [6, 6.07) is 0.287. The van der Waals surface area contributed by atoms with Crippen LogP contribution in [0.1, 0.15) is 34.1 Å². The van der Waals surface area contributed by atoms with Crippen LogP contribution in [-0.2, 0) is 9.31 Å². The van der Waals surface area contributed by atoms with E-state index in [0.29, 0.717) is 5.82 Å². The Kier molecular flexibility index (Phi) is 1.82. The highest BCUT2D eigenvalue weighted by atomic mass is 16.7. The molecule has 2 atom stereocenters. The number of hydrogen-bond acceptors (Lipinski definition) is 3. The van der Waals surface area contributed by atoms with Crippen LogP contribution in [0.4, 0.5) is 0 Å². The summed E-state index contributed by atoms with van der Waals surface area (Å²) < 4.78 is 11.7. The maximum Gasteiger partial charge on any atom is 0.462 e. The van der Waals surface area contributed by atoms with Gasteiger partial charge in [0.15, 0.2) is 0 Å². The Morgan fingerprint density at radius 3 is 1.85 bits per heavy atom. The third kappa shape index (κ3) is 1.41. The van der Waals surface area contributed by atoms with Crippen LogP contribution in [0.15, 0.2) is 0 Å². The SMILES string of the molecule is CC1(C)OB([C@@H]2C[C@@H]2N)OC1(C)C. The first-order valence-electron chi connectivity index (χ1n) is 4.95. The van der Waals surface area contributed by atoms with Crippen molar-refractivity contribution in [1.29, 1.82) is 0 Å². The van der Waals surface area contributed by atoms with Crippen molar-refractivity contribution in [3.8, 4) is 0 Å². The molecule has 0 aromatic rings. The smallest absolute Gasteiger partial charge is 0.403 e. The summed E-state index contributed by atoms with van der Waals surface area (Å²) in [5, 5.41) is 0. The molecule has 1 aliphatic carbocycles. The van der Waals surface area contributed by atoms with Crippen LogP contribution in [0.25, 0.3) is 0 Å². The van der Waals surface area contributed by atoms with Crippen molar-refractivity contribution >= 4 is 7.12 Å². The zero-order chi connectivity index (χ0) is 9.85. The van der Waals surface area contributed by atoms with Crippen LogP contribution in [-0.4, -0.2) is 24.4 Å². The monoisotopic (exact) mass is 183 g/mol. The second kappa shape index (κ2) is 2.50. The Hall–Kier alpha value is -0.0551. The van der Waals surface area contributed by atoms with Gasteiger partial charge in [0.1, 0.15) is 0 Å². The predicted molar refractivity (Wildman–Crippen MR) is 52.4 cm³/mol. The van der Waals surface area contributed by atoms with Gasteiger partial charge in [0.2, 0.25) is 0 Å². The van der Waals surface area contributed by atoms with E-state index in [2.05, 4.69) is 27.7 Å². The molecule has 4 heteroatoms. The normalized spacial score (nSPS) is 40.8. The zero-order valence-corrected chi connectivity index (χ0v) is 8.83. The molecule has 74 valence electrons. The molecule has 1 saturated carbocycles. The molecule has 0 bridgehead atoms. The molecular formula is C9H18BNO2. The Morgan fingerprint density at radius 2 is 1.54 bits per heavy atom. The molecule has 0 spiro atoms. The Labute approximate surface area is 80.1 Å². The maximum atomic E-state index is 5.86. The summed E-state index contributed by atoms with van der Waals surface area (Å²) in [7, 11) is -0.0833. The lowest BCUT2D eigenvalue weighted by atomic mass is 9.82. The second-order valence-corrected chi connectivity index (χ2v) is 5.19. The van der Waals surface area contributed by atoms with Crippen LogP contribution in [0.5, 0.6) is 0 Å².